The van der Waals surface area contributed by atoms with Crippen LogP contribution in [0.1, 0.15) is 31.2 Å². The lowest BCUT2D eigenvalue weighted by Gasteiger charge is -2.38. The van der Waals surface area contributed by atoms with Gasteiger partial charge in [0.15, 0.2) is 11.5 Å². The molecule has 0 aromatic heterocycles. The fourth-order valence-corrected chi connectivity index (χ4v) is 4.19. The molecule has 0 spiro atoms. The second-order valence-corrected chi connectivity index (χ2v) is 7.50. The number of carbonyl (C=O) groups is 2. The number of nitrogens with two attached hydrogens (primary N) is 1. The van der Waals surface area contributed by atoms with Crippen LogP contribution in [-0.2, 0) is 16.0 Å². The maximum absolute atomic E-state index is 12.7. The third-order valence-corrected chi connectivity index (χ3v) is 5.47. The zero-order chi connectivity index (χ0) is 19.3. The van der Waals surface area contributed by atoms with E-state index < -0.39 is 5.91 Å². The summed E-state index contributed by atoms with van der Waals surface area (Å²) in [6.07, 6.45) is 8.24. The van der Waals surface area contributed by atoms with E-state index in [1.165, 1.54) is 0 Å². The van der Waals surface area contributed by atoms with Gasteiger partial charge in [0.05, 0.1) is 6.42 Å². The molecule has 1 aromatic rings. The molecule has 4 aliphatic rings. The third kappa shape index (κ3) is 2.84. The van der Waals surface area contributed by atoms with Gasteiger partial charge in [0.2, 0.25) is 5.91 Å². The maximum atomic E-state index is 12.7. The van der Waals surface area contributed by atoms with Crippen LogP contribution in [-0.4, -0.2) is 40.2 Å². The number of fused-ring (bicyclic) bond motifs is 2. The molecule has 3 heterocycles. The summed E-state index contributed by atoms with van der Waals surface area (Å²) >= 11 is 0. The van der Waals surface area contributed by atoms with Gasteiger partial charge in [0.1, 0.15) is 0 Å². The SMILES string of the molecule is NC1(Nc2ccc3c(c2)CC(=O)N3)N=C2C(=NC=CN2C2CCCC2)C(=O)N1. The summed E-state index contributed by atoms with van der Waals surface area (Å²) in [6.45, 7) is 0. The number of anilines is 2. The second-order valence-electron chi connectivity index (χ2n) is 7.50. The van der Waals surface area contributed by atoms with Gasteiger partial charge in [0.25, 0.3) is 11.8 Å². The van der Waals surface area contributed by atoms with Crippen molar-refractivity contribution in [1.82, 2.24) is 10.2 Å². The number of benzene rings is 1. The van der Waals surface area contributed by atoms with Gasteiger partial charge in [-0.25, -0.2) is 9.98 Å². The molecule has 5 N–H and O–H groups in total. The van der Waals surface area contributed by atoms with Crippen molar-refractivity contribution in [2.45, 2.75) is 44.1 Å². The summed E-state index contributed by atoms with van der Waals surface area (Å²) < 4.78 is 0. The summed E-state index contributed by atoms with van der Waals surface area (Å²) in [6, 6.07) is 5.75. The number of hydrogen-bond acceptors (Lipinski definition) is 7. The van der Waals surface area contributed by atoms with Crippen molar-refractivity contribution in [3.63, 3.8) is 0 Å². The first-order chi connectivity index (χ1) is 13.5. The first-order valence-electron chi connectivity index (χ1n) is 9.46. The van der Waals surface area contributed by atoms with E-state index in [9.17, 15) is 9.59 Å². The number of aliphatic imine (C=N–C) groups is 2. The zero-order valence-electron chi connectivity index (χ0n) is 15.2. The number of nitrogens with zero attached hydrogens (tertiary/aromatic N) is 3. The monoisotopic (exact) mass is 379 g/mol. The van der Waals surface area contributed by atoms with Crippen LogP contribution >= 0.6 is 0 Å². The van der Waals surface area contributed by atoms with E-state index in [0.29, 0.717) is 24.0 Å². The summed E-state index contributed by atoms with van der Waals surface area (Å²) in [5.74, 6) is -1.42. The fraction of sp³-hybridized carbons (Fsp3) is 0.368. The van der Waals surface area contributed by atoms with Gasteiger partial charge in [-0.15, -0.1) is 0 Å². The Morgan fingerprint density at radius 3 is 2.89 bits per heavy atom. The Morgan fingerprint density at radius 1 is 1.25 bits per heavy atom. The number of amidine groups is 1. The Bertz CT molecular complexity index is 961. The van der Waals surface area contributed by atoms with Gasteiger partial charge in [-0.3, -0.25) is 20.6 Å². The maximum Gasteiger partial charge on any atom is 0.278 e. The highest BCUT2D eigenvalue weighted by Gasteiger charge is 2.41. The number of rotatable bonds is 3. The largest absolute Gasteiger partial charge is 0.331 e. The first kappa shape index (κ1) is 16.9. The molecule has 1 saturated carbocycles. The van der Waals surface area contributed by atoms with Crippen LogP contribution in [0.3, 0.4) is 0 Å². The molecule has 9 nitrogen and oxygen atoms in total. The lowest BCUT2D eigenvalue weighted by molar-refractivity contribution is -0.116. The van der Waals surface area contributed by atoms with Crippen molar-refractivity contribution in [3.05, 3.63) is 36.2 Å². The average molecular weight is 379 g/mol. The molecule has 1 aliphatic carbocycles. The molecule has 144 valence electrons. The van der Waals surface area contributed by atoms with Crippen molar-refractivity contribution < 1.29 is 9.59 Å². The van der Waals surface area contributed by atoms with Gasteiger partial charge >= 0.3 is 0 Å². The van der Waals surface area contributed by atoms with E-state index in [1.54, 1.807) is 12.3 Å². The van der Waals surface area contributed by atoms with Gasteiger partial charge in [0, 0.05) is 29.8 Å². The molecule has 0 saturated heterocycles. The molecule has 28 heavy (non-hydrogen) atoms. The van der Waals surface area contributed by atoms with Gasteiger partial charge in [-0.2, -0.15) is 0 Å². The fourth-order valence-electron chi connectivity index (χ4n) is 4.19. The molecule has 2 amide bonds. The minimum atomic E-state index is -1.50. The molecule has 5 rings (SSSR count). The Kier molecular flexibility index (Phi) is 3.73. The van der Waals surface area contributed by atoms with Crippen LogP contribution in [0, 0.1) is 0 Å². The van der Waals surface area contributed by atoms with Gasteiger partial charge < -0.3 is 15.5 Å². The predicted octanol–water partition coefficient (Wildman–Crippen LogP) is 0.862. The quantitative estimate of drug-likeness (QED) is 0.580. The van der Waals surface area contributed by atoms with E-state index in [-0.39, 0.29) is 17.5 Å². The second kappa shape index (κ2) is 6.16. The van der Waals surface area contributed by atoms with Crippen molar-refractivity contribution in [3.8, 4) is 0 Å². The molecule has 9 heteroatoms. The molecule has 0 bridgehead atoms. The van der Waals surface area contributed by atoms with Crippen molar-refractivity contribution in [2.24, 2.45) is 15.7 Å². The molecular formula is C19H21N7O2. The number of nitrogens with one attached hydrogen (secondary N) is 3. The smallest absolute Gasteiger partial charge is 0.278 e. The van der Waals surface area contributed by atoms with Crippen LogP contribution in [0.5, 0.6) is 0 Å². The summed E-state index contributed by atoms with van der Waals surface area (Å²) in [5, 5.41) is 8.58. The number of carbonyl (C=O) groups excluding carboxylic acids is 2. The third-order valence-electron chi connectivity index (χ3n) is 5.47. The Morgan fingerprint density at radius 2 is 2.07 bits per heavy atom. The number of hydrogen-bond donors (Lipinski definition) is 4. The lowest BCUT2D eigenvalue weighted by Crippen LogP contribution is -2.67. The normalized spacial score (nSPS) is 26.2. The molecular weight excluding hydrogens is 358 g/mol. The van der Waals surface area contributed by atoms with Crippen LogP contribution in [0.4, 0.5) is 11.4 Å². The summed E-state index contributed by atoms with van der Waals surface area (Å²) in [4.78, 5) is 35.1. The molecule has 0 radical (unpaired) electrons. The Balaban J connectivity index is 1.46. The van der Waals surface area contributed by atoms with E-state index >= 15 is 0 Å². The van der Waals surface area contributed by atoms with Gasteiger partial charge in [-0.05, 0) is 36.6 Å². The van der Waals surface area contributed by atoms with Crippen LogP contribution in [0.15, 0.2) is 40.6 Å². The highest BCUT2D eigenvalue weighted by atomic mass is 16.2. The minimum Gasteiger partial charge on any atom is -0.331 e. The molecule has 1 unspecified atom stereocenters. The van der Waals surface area contributed by atoms with Crippen LogP contribution in [0.25, 0.3) is 0 Å². The zero-order valence-corrected chi connectivity index (χ0v) is 15.2. The summed E-state index contributed by atoms with van der Waals surface area (Å²) in [5.41, 5.74) is 9.02. The Labute approximate surface area is 161 Å². The van der Waals surface area contributed by atoms with Gasteiger partial charge in [-0.1, -0.05) is 12.8 Å². The molecule has 1 fully saturated rings. The van der Waals surface area contributed by atoms with E-state index in [2.05, 4.69) is 25.9 Å². The average Bonchev–Trinajstić information content (AvgIpc) is 3.29. The minimum absolute atomic E-state index is 0.0390. The highest BCUT2D eigenvalue weighted by Crippen LogP contribution is 2.29. The highest BCUT2D eigenvalue weighted by molar-refractivity contribution is 6.67. The van der Waals surface area contributed by atoms with Crippen molar-refractivity contribution in [1.29, 1.82) is 0 Å². The predicted molar refractivity (Wildman–Crippen MR) is 106 cm³/mol. The van der Waals surface area contributed by atoms with Crippen LogP contribution < -0.4 is 21.7 Å². The first-order valence-corrected chi connectivity index (χ1v) is 9.46. The molecule has 1 atom stereocenters. The van der Waals surface area contributed by atoms with Crippen LogP contribution in [0.2, 0.25) is 0 Å². The topological polar surface area (TPSA) is 124 Å². The lowest BCUT2D eigenvalue weighted by atomic mass is 10.1. The van der Waals surface area contributed by atoms with Crippen molar-refractivity contribution >= 4 is 34.7 Å². The summed E-state index contributed by atoms with van der Waals surface area (Å²) in [7, 11) is 0. The van der Waals surface area contributed by atoms with E-state index in [0.717, 1.165) is 36.9 Å². The molecule has 1 aromatic carbocycles. The standard InChI is InChI=1S/C19H21N7O2/c20-19(23-12-5-6-14-11(9-12)10-15(27)22-14)24-17-16(18(28)25-19)21-7-8-26(17)13-3-1-2-4-13/h5-9,13,23H,1-4,10,20H2,(H,22,27)(H,25,28). The van der Waals surface area contributed by atoms with Crippen molar-refractivity contribution in [2.75, 3.05) is 10.6 Å². The number of amides is 2. The Hall–Kier alpha value is -3.20. The molecule has 3 aliphatic heterocycles. The van der Waals surface area contributed by atoms with E-state index in [4.69, 9.17) is 5.73 Å². The van der Waals surface area contributed by atoms with E-state index in [1.807, 2.05) is 23.2 Å².